The molecule has 98 valence electrons. The highest BCUT2D eigenvalue weighted by molar-refractivity contribution is 5.98. The van der Waals surface area contributed by atoms with Crippen molar-refractivity contribution in [1.29, 1.82) is 0 Å². The molecule has 0 bridgehead atoms. The predicted octanol–water partition coefficient (Wildman–Crippen LogP) is 1.14. The van der Waals surface area contributed by atoms with Gasteiger partial charge in [-0.25, -0.2) is 8.78 Å². The summed E-state index contributed by atoms with van der Waals surface area (Å²) in [6, 6.07) is 1.39. The van der Waals surface area contributed by atoms with Gasteiger partial charge in [-0.1, -0.05) is 11.2 Å². The lowest BCUT2D eigenvalue weighted by molar-refractivity contribution is 0.0940. The maximum atomic E-state index is 13.6. The van der Waals surface area contributed by atoms with E-state index in [1.54, 1.807) is 0 Å². The summed E-state index contributed by atoms with van der Waals surface area (Å²) in [5.41, 5.74) is 4.71. The zero-order valence-corrected chi connectivity index (χ0v) is 9.87. The summed E-state index contributed by atoms with van der Waals surface area (Å²) in [7, 11) is 0. The molecule has 4 N–H and O–H groups in total. The third-order valence-corrected chi connectivity index (χ3v) is 2.42. The maximum Gasteiger partial charge on any atom is 0.257 e. The molecule has 1 rings (SSSR count). The number of oxime groups is 1. The zero-order valence-electron chi connectivity index (χ0n) is 9.87. The number of hydrogen-bond acceptors (Lipinski definition) is 3. The Morgan fingerprint density at radius 2 is 2.11 bits per heavy atom. The van der Waals surface area contributed by atoms with Gasteiger partial charge in [-0.2, -0.15) is 0 Å². The molecule has 0 saturated heterocycles. The third kappa shape index (κ3) is 2.73. The monoisotopic (exact) mass is 257 g/mol. The van der Waals surface area contributed by atoms with Gasteiger partial charge in [0.25, 0.3) is 5.91 Å². The lowest BCUT2D eigenvalue weighted by atomic mass is 10.1. The van der Waals surface area contributed by atoms with E-state index in [2.05, 4.69) is 10.5 Å². The normalized spacial score (nSPS) is 13.2. The fourth-order valence-corrected chi connectivity index (χ4v) is 1.29. The molecule has 0 aromatic heterocycles. The molecule has 5 nitrogen and oxygen atoms in total. The Morgan fingerprint density at radius 1 is 1.50 bits per heavy atom. The number of nitrogens with zero attached hydrogens (tertiary/aromatic N) is 1. The summed E-state index contributed by atoms with van der Waals surface area (Å²) in [5, 5.41) is 13.3. The van der Waals surface area contributed by atoms with Crippen molar-refractivity contribution in [3.05, 3.63) is 34.9 Å². The summed E-state index contributed by atoms with van der Waals surface area (Å²) < 4.78 is 27.0. The number of rotatable bonds is 3. The number of halogens is 2. The Bertz CT molecular complexity index is 503. The van der Waals surface area contributed by atoms with Crippen LogP contribution in [-0.4, -0.2) is 23.0 Å². The number of amides is 1. The Kier molecular flexibility index (Phi) is 4.19. The van der Waals surface area contributed by atoms with E-state index in [4.69, 9.17) is 10.9 Å². The van der Waals surface area contributed by atoms with Crippen molar-refractivity contribution in [2.45, 2.75) is 19.9 Å². The predicted molar refractivity (Wildman–Crippen MR) is 61.4 cm³/mol. The molecule has 1 aromatic carbocycles. The van der Waals surface area contributed by atoms with Crippen LogP contribution in [0.4, 0.5) is 8.78 Å². The van der Waals surface area contributed by atoms with Gasteiger partial charge in [-0.15, -0.1) is 0 Å². The summed E-state index contributed by atoms with van der Waals surface area (Å²) in [4.78, 5) is 11.7. The highest BCUT2D eigenvalue weighted by Crippen LogP contribution is 2.16. The molecular weight excluding hydrogens is 244 g/mol. The maximum absolute atomic E-state index is 13.6. The lowest BCUT2D eigenvalue weighted by Gasteiger charge is -2.13. The number of carbonyl (C=O) groups excluding carboxylic acids is 1. The molecule has 18 heavy (non-hydrogen) atoms. The number of nitrogens with one attached hydrogen (secondary N) is 1. The van der Waals surface area contributed by atoms with E-state index in [-0.39, 0.29) is 11.4 Å². The van der Waals surface area contributed by atoms with Crippen molar-refractivity contribution in [2.24, 2.45) is 10.9 Å². The Morgan fingerprint density at radius 3 is 2.67 bits per heavy atom. The van der Waals surface area contributed by atoms with Crippen molar-refractivity contribution in [3.8, 4) is 0 Å². The van der Waals surface area contributed by atoms with E-state index in [0.717, 1.165) is 6.07 Å². The fourth-order valence-electron chi connectivity index (χ4n) is 1.29. The summed E-state index contributed by atoms with van der Waals surface area (Å²) in [6.45, 7) is 2.83. The van der Waals surface area contributed by atoms with E-state index in [0.29, 0.717) is 0 Å². The van der Waals surface area contributed by atoms with Gasteiger partial charge in [0.05, 0.1) is 6.04 Å². The minimum absolute atomic E-state index is 0.151. The Hall–Kier alpha value is -2.18. The average Bonchev–Trinajstić information content (AvgIpc) is 2.33. The molecular formula is C11H13F2N3O2. The van der Waals surface area contributed by atoms with E-state index >= 15 is 0 Å². The van der Waals surface area contributed by atoms with E-state index < -0.39 is 29.1 Å². The second-order valence-electron chi connectivity index (χ2n) is 3.77. The van der Waals surface area contributed by atoms with Gasteiger partial charge in [0.2, 0.25) is 0 Å². The summed E-state index contributed by atoms with van der Waals surface area (Å²) in [6.07, 6.45) is 0. The topological polar surface area (TPSA) is 87.7 Å². The lowest BCUT2D eigenvalue weighted by Crippen LogP contribution is -2.43. The number of nitrogens with two attached hydrogens (primary N) is 1. The smallest absolute Gasteiger partial charge is 0.257 e. The van der Waals surface area contributed by atoms with Crippen LogP contribution >= 0.6 is 0 Å². The van der Waals surface area contributed by atoms with Crippen LogP contribution in [0.15, 0.2) is 17.3 Å². The minimum atomic E-state index is -0.970. The van der Waals surface area contributed by atoms with Gasteiger partial charge in [-0.3, -0.25) is 4.79 Å². The molecule has 0 aliphatic rings. The highest BCUT2D eigenvalue weighted by atomic mass is 19.1. The fraction of sp³-hybridized carbons (Fsp3) is 0.273. The number of aryl methyl sites for hydroxylation is 1. The number of hydrogen-bond donors (Lipinski definition) is 3. The second-order valence-corrected chi connectivity index (χ2v) is 3.77. The molecule has 0 fully saturated rings. The van der Waals surface area contributed by atoms with Gasteiger partial charge in [0.15, 0.2) is 5.84 Å². The summed E-state index contributed by atoms with van der Waals surface area (Å²) in [5.74, 6) is -3.13. The number of amidine groups is 1. The quantitative estimate of drug-likeness (QED) is 0.328. The first kappa shape index (κ1) is 13.9. The SMILES string of the molecule is Cc1ccc(F)c(C(=O)NC(C)/C(N)=N/O)c1F. The van der Waals surface area contributed by atoms with Gasteiger partial charge in [-0.05, 0) is 25.5 Å². The zero-order chi connectivity index (χ0) is 13.9. The second kappa shape index (κ2) is 5.44. The van der Waals surface area contributed by atoms with Crippen molar-refractivity contribution in [3.63, 3.8) is 0 Å². The molecule has 0 aliphatic carbocycles. The first-order chi connectivity index (χ1) is 8.38. The van der Waals surface area contributed by atoms with E-state index in [9.17, 15) is 13.6 Å². The van der Waals surface area contributed by atoms with Crippen LogP contribution < -0.4 is 11.1 Å². The summed E-state index contributed by atoms with van der Waals surface area (Å²) >= 11 is 0. The van der Waals surface area contributed by atoms with Crippen LogP contribution in [0.25, 0.3) is 0 Å². The molecule has 1 atom stereocenters. The number of carbonyl (C=O) groups is 1. The van der Waals surface area contributed by atoms with Crippen LogP contribution in [0.1, 0.15) is 22.8 Å². The first-order valence-corrected chi connectivity index (χ1v) is 5.11. The van der Waals surface area contributed by atoms with Crippen LogP contribution in [0, 0.1) is 18.6 Å². The largest absolute Gasteiger partial charge is 0.409 e. The van der Waals surface area contributed by atoms with Crippen LogP contribution in [0.5, 0.6) is 0 Å². The van der Waals surface area contributed by atoms with Crippen molar-refractivity contribution < 1.29 is 18.8 Å². The van der Waals surface area contributed by atoms with E-state index in [1.165, 1.54) is 19.9 Å². The van der Waals surface area contributed by atoms with Crippen molar-refractivity contribution in [1.82, 2.24) is 5.32 Å². The molecule has 0 radical (unpaired) electrons. The average molecular weight is 257 g/mol. The molecule has 0 saturated carbocycles. The Balaban J connectivity index is 3.02. The van der Waals surface area contributed by atoms with Gasteiger partial charge in [0.1, 0.15) is 17.2 Å². The molecule has 1 aromatic rings. The molecule has 1 unspecified atom stereocenters. The molecule has 0 spiro atoms. The highest BCUT2D eigenvalue weighted by Gasteiger charge is 2.21. The minimum Gasteiger partial charge on any atom is -0.409 e. The van der Waals surface area contributed by atoms with Crippen LogP contribution in [-0.2, 0) is 0 Å². The molecule has 0 aliphatic heterocycles. The third-order valence-electron chi connectivity index (χ3n) is 2.42. The van der Waals surface area contributed by atoms with Gasteiger partial charge in [0, 0.05) is 0 Å². The Labute approximate surface area is 102 Å². The van der Waals surface area contributed by atoms with Gasteiger partial charge < -0.3 is 16.3 Å². The van der Waals surface area contributed by atoms with E-state index in [1.807, 2.05) is 0 Å². The molecule has 7 heteroatoms. The number of benzene rings is 1. The molecule has 0 heterocycles. The van der Waals surface area contributed by atoms with Crippen molar-refractivity contribution in [2.75, 3.05) is 0 Å². The standard InChI is InChI=1S/C11H13F2N3O2/c1-5-3-4-7(12)8(9(5)13)11(17)15-6(2)10(14)16-18/h3-4,6,18H,1-2H3,(H2,14,16)(H,15,17). The van der Waals surface area contributed by atoms with Crippen molar-refractivity contribution >= 4 is 11.7 Å². The van der Waals surface area contributed by atoms with Gasteiger partial charge >= 0.3 is 0 Å². The molecule has 1 amide bonds. The first-order valence-electron chi connectivity index (χ1n) is 5.11. The van der Waals surface area contributed by atoms with Crippen LogP contribution in [0.2, 0.25) is 0 Å². The van der Waals surface area contributed by atoms with Crippen LogP contribution in [0.3, 0.4) is 0 Å².